The first kappa shape index (κ1) is 11.2. The van der Waals surface area contributed by atoms with Crippen molar-refractivity contribution in [2.75, 3.05) is 0 Å². The first-order valence-corrected chi connectivity index (χ1v) is 4.28. The van der Waals surface area contributed by atoms with E-state index in [0.717, 1.165) is 11.1 Å². The van der Waals surface area contributed by atoms with Crippen LogP contribution in [0.15, 0.2) is 36.0 Å². The highest BCUT2D eigenvalue weighted by Gasteiger charge is 2.07. The molecule has 0 radical (unpaired) electrons. The van der Waals surface area contributed by atoms with Gasteiger partial charge in [0.15, 0.2) is 0 Å². The van der Waals surface area contributed by atoms with Crippen molar-refractivity contribution in [2.24, 2.45) is 5.41 Å². The van der Waals surface area contributed by atoms with E-state index in [-0.39, 0.29) is 5.41 Å². The quantitative estimate of drug-likeness (QED) is 0.539. The molecule has 68 valence electrons. The maximum Gasteiger partial charge on any atom is -0.0197 e. The van der Waals surface area contributed by atoms with Crippen LogP contribution in [-0.4, -0.2) is 0 Å². The van der Waals surface area contributed by atoms with Crippen molar-refractivity contribution < 1.29 is 0 Å². The normalized spacial score (nSPS) is 12.9. The molecule has 0 atom stereocenters. The van der Waals surface area contributed by atoms with Crippen molar-refractivity contribution in [1.82, 2.24) is 0 Å². The zero-order chi connectivity index (χ0) is 9.94. The lowest BCUT2D eigenvalue weighted by atomic mass is 9.90. The smallest absolute Gasteiger partial charge is 0.0197 e. The molecule has 0 aromatic carbocycles. The van der Waals surface area contributed by atoms with E-state index < -0.39 is 0 Å². The molecule has 0 bridgehead atoms. The molecule has 0 amide bonds. The molecule has 0 N–H and O–H groups in total. The summed E-state index contributed by atoms with van der Waals surface area (Å²) in [5.74, 6) is 0. The van der Waals surface area contributed by atoms with E-state index in [1.54, 1.807) is 0 Å². The predicted molar refractivity (Wildman–Crippen MR) is 57.2 cm³/mol. The standard InChI is InChI=1S/C12H20/c1-9(2)11(4)10(3)8-12(5,6)7/h8H,1,4H2,2-3,5-7H3/b10-8-. The fraction of sp³-hybridized carbons (Fsp3) is 0.500. The average Bonchev–Trinajstić information content (AvgIpc) is 1.82. The van der Waals surface area contributed by atoms with E-state index in [2.05, 4.69) is 46.9 Å². The Morgan fingerprint density at radius 1 is 1.08 bits per heavy atom. The van der Waals surface area contributed by atoms with Gasteiger partial charge in [0.25, 0.3) is 0 Å². The number of rotatable bonds is 2. The Morgan fingerprint density at radius 3 is 1.75 bits per heavy atom. The van der Waals surface area contributed by atoms with Crippen LogP contribution in [0.1, 0.15) is 34.6 Å². The lowest BCUT2D eigenvalue weighted by Gasteiger charge is -2.15. The zero-order valence-electron chi connectivity index (χ0n) is 8.99. The molecule has 12 heavy (non-hydrogen) atoms. The van der Waals surface area contributed by atoms with Crippen LogP contribution in [0.3, 0.4) is 0 Å². The predicted octanol–water partition coefficient (Wildman–Crippen LogP) is 4.11. The highest BCUT2D eigenvalue weighted by atomic mass is 14.1. The van der Waals surface area contributed by atoms with E-state index in [1.165, 1.54) is 5.57 Å². The largest absolute Gasteiger partial charge is 0.0955 e. The minimum absolute atomic E-state index is 0.225. The van der Waals surface area contributed by atoms with E-state index in [4.69, 9.17) is 0 Å². The highest BCUT2D eigenvalue weighted by molar-refractivity contribution is 5.41. The summed E-state index contributed by atoms with van der Waals surface area (Å²) in [7, 11) is 0. The lowest BCUT2D eigenvalue weighted by molar-refractivity contribution is 0.540. The number of allylic oxidation sites excluding steroid dienone is 4. The van der Waals surface area contributed by atoms with Gasteiger partial charge in [-0.1, -0.05) is 45.6 Å². The molecule has 0 aliphatic heterocycles. The Balaban J connectivity index is 4.61. The second kappa shape index (κ2) is 3.75. The van der Waals surface area contributed by atoms with Crippen LogP contribution in [0.25, 0.3) is 0 Å². The van der Waals surface area contributed by atoms with Crippen LogP contribution >= 0.6 is 0 Å². The SMILES string of the molecule is C=C(C)C(=C)/C(C)=C\C(C)(C)C. The van der Waals surface area contributed by atoms with Crippen LogP contribution in [0.2, 0.25) is 0 Å². The van der Waals surface area contributed by atoms with Gasteiger partial charge in [-0.15, -0.1) is 0 Å². The Kier molecular flexibility index (Phi) is 3.51. The summed E-state index contributed by atoms with van der Waals surface area (Å²) in [5, 5.41) is 0. The summed E-state index contributed by atoms with van der Waals surface area (Å²) < 4.78 is 0. The van der Waals surface area contributed by atoms with Gasteiger partial charge in [-0.2, -0.15) is 0 Å². The van der Waals surface area contributed by atoms with Gasteiger partial charge in [-0.25, -0.2) is 0 Å². The lowest BCUT2D eigenvalue weighted by Crippen LogP contribution is -2.01. The summed E-state index contributed by atoms with van der Waals surface area (Å²) in [6.45, 7) is 18.5. The van der Waals surface area contributed by atoms with Gasteiger partial charge in [-0.05, 0) is 30.4 Å². The first-order chi connectivity index (χ1) is 5.24. The molecule has 0 aromatic rings. The van der Waals surface area contributed by atoms with Crippen molar-refractivity contribution in [3.8, 4) is 0 Å². The molecule has 0 heterocycles. The van der Waals surface area contributed by atoms with Crippen molar-refractivity contribution in [3.05, 3.63) is 36.0 Å². The molecule has 0 rings (SSSR count). The molecular weight excluding hydrogens is 144 g/mol. The molecule has 0 nitrogen and oxygen atoms in total. The fourth-order valence-electron chi connectivity index (χ4n) is 1.07. The maximum absolute atomic E-state index is 3.97. The third-order valence-corrected chi connectivity index (χ3v) is 1.64. The molecule has 0 aliphatic rings. The fourth-order valence-corrected chi connectivity index (χ4v) is 1.07. The van der Waals surface area contributed by atoms with Crippen LogP contribution in [-0.2, 0) is 0 Å². The molecule has 0 aliphatic carbocycles. The van der Waals surface area contributed by atoms with Crippen molar-refractivity contribution in [2.45, 2.75) is 34.6 Å². The van der Waals surface area contributed by atoms with Gasteiger partial charge in [0.05, 0.1) is 0 Å². The third kappa shape index (κ3) is 4.17. The highest BCUT2D eigenvalue weighted by Crippen LogP contribution is 2.23. The van der Waals surface area contributed by atoms with E-state index >= 15 is 0 Å². The van der Waals surface area contributed by atoms with Gasteiger partial charge in [0, 0.05) is 0 Å². The summed E-state index contributed by atoms with van der Waals surface area (Å²) >= 11 is 0. The Morgan fingerprint density at radius 2 is 1.50 bits per heavy atom. The van der Waals surface area contributed by atoms with Crippen LogP contribution < -0.4 is 0 Å². The van der Waals surface area contributed by atoms with Crippen LogP contribution in [0, 0.1) is 5.41 Å². The summed E-state index contributed by atoms with van der Waals surface area (Å²) in [4.78, 5) is 0. The Hall–Kier alpha value is -0.780. The number of hydrogen-bond acceptors (Lipinski definition) is 0. The van der Waals surface area contributed by atoms with E-state index in [1.807, 2.05) is 6.92 Å². The Bertz CT molecular complexity index is 221. The van der Waals surface area contributed by atoms with Crippen molar-refractivity contribution >= 4 is 0 Å². The minimum Gasteiger partial charge on any atom is -0.0955 e. The molecule has 0 aromatic heterocycles. The molecule has 0 saturated carbocycles. The molecule has 0 spiro atoms. The summed E-state index contributed by atoms with van der Waals surface area (Å²) in [6.07, 6.45) is 2.23. The van der Waals surface area contributed by atoms with E-state index in [9.17, 15) is 0 Å². The molecule has 0 unspecified atom stereocenters. The molecule has 0 fully saturated rings. The van der Waals surface area contributed by atoms with Gasteiger partial charge in [0.1, 0.15) is 0 Å². The topological polar surface area (TPSA) is 0 Å². The second-order valence-electron chi connectivity index (χ2n) is 4.45. The second-order valence-corrected chi connectivity index (χ2v) is 4.45. The van der Waals surface area contributed by atoms with E-state index in [0.29, 0.717) is 0 Å². The van der Waals surface area contributed by atoms with Crippen LogP contribution in [0.5, 0.6) is 0 Å². The minimum atomic E-state index is 0.225. The molecule has 0 heteroatoms. The van der Waals surface area contributed by atoms with Crippen LogP contribution in [0.4, 0.5) is 0 Å². The monoisotopic (exact) mass is 164 g/mol. The first-order valence-electron chi connectivity index (χ1n) is 4.28. The van der Waals surface area contributed by atoms with Crippen molar-refractivity contribution in [3.63, 3.8) is 0 Å². The van der Waals surface area contributed by atoms with Gasteiger partial charge >= 0.3 is 0 Å². The van der Waals surface area contributed by atoms with Gasteiger partial charge in [0.2, 0.25) is 0 Å². The number of hydrogen-bond donors (Lipinski definition) is 0. The Labute approximate surface area is 76.7 Å². The van der Waals surface area contributed by atoms with Gasteiger partial charge < -0.3 is 0 Å². The third-order valence-electron chi connectivity index (χ3n) is 1.64. The molecular formula is C12H20. The van der Waals surface area contributed by atoms with Gasteiger partial charge in [-0.3, -0.25) is 0 Å². The average molecular weight is 164 g/mol. The maximum atomic E-state index is 3.97. The summed E-state index contributed by atoms with van der Waals surface area (Å²) in [6, 6.07) is 0. The van der Waals surface area contributed by atoms with Crippen molar-refractivity contribution in [1.29, 1.82) is 0 Å². The zero-order valence-corrected chi connectivity index (χ0v) is 8.99. The molecule has 0 saturated heterocycles. The summed E-state index contributed by atoms with van der Waals surface area (Å²) in [5.41, 5.74) is 3.57.